The van der Waals surface area contributed by atoms with Crippen LogP contribution < -0.4 is 15.0 Å². The molecule has 0 radical (unpaired) electrons. The first-order valence-corrected chi connectivity index (χ1v) is 9.31. The number of halogens is 2. The number of amides is 2. The largest absolute Gasteiger partial charge is 0.494 e. The molecule has 0 unspecified atom stereocenters. The van der Waals surface area contributed by atoms with Gasteiger partial charge in [0.2, 0.25) is 0 Å². The van der Waals surface area contributed by atoms with E-state index in [-0.39, 0.29) is 6.03 Å². The molecule has 2 aromatic carbocycles. The lowest BCUT2D eigenvalue weighted by Crippen LogP contribution is -2.50. The Hall–Kier alpha value is -2.11. The molecule has 26 heavy (non-hydrogen) atoms. The van der Waals surface area contributed by atoms with E-state index in [2.05, 4.69) is 22.3 Å². The maximum atomic E-state index is 12.4. The second kappa shape index (κ2) is 8.52. The minimum atomic E-state index is -0.130. The van der Waals surface area contributed by atoms with Crippen molar-refractivity contribution >= 4 is 40.6 Å². The molecule has 0 saturated carbocycles. The number of rotatable bonds is 4. The minimum Gasteiger partial charge on any atom is -0.494 e. The number of ether oxygens (including phenoxy) is 1. The highest BCUT2D eigenvalue weighted by molar-refractivity contribution is 6.42. The van der Waals surface area contributed by atoms with Gasteiger partial charge in [0.15, 0.2) is 0 Å². The van der Waals surface area contributed by atoms with E-state index >= 15 is 0 Å². The standard InChI is InChI=1S/C19H21Cl2N3O2/c1-2-26-16-6-4-15(5-7-16)23-9-11-24(12-10-23)19(25)22-14-3-8-17(20)18(21)13-14/h3-8,13H,2,9-12H2,1H3,(H,22,25). The van der Waals surface area contributed by atoms with Crippen molar-refractivity contribution in [3.05, 3.63) is 52.5 Å². The molecule has 1 aliphatic rings. The smallest absolute Gasteiger partial charge is 0.321 e. The van der Waals surface area contributed by atoms with Gasteiger partial charge in [-0.2, -0.15) is 0 Å². The van der Waals surface area contributed by atoms with E-state index in [0.717, 1.165) is 24.5 Å². The molecule has 0 spiro atoms. The summed E-state index contributed by atoms with van der Waals surface area (Å²) in [6.07, 6.45) is 0. The van der Waals surface area contributed by atoms with Gasteiger partial charge < -0.3 is 19.9 Å². The number of benzene rings is 2. The Bertz CT molecular complexity index is 760. The number of carbonyl (C=O) groups is 1. The fourth-order valence-corrected chi connectivity index (χ4v) is 3.16. The van der Waals surface area contributed by atoms with Crippen LogP contribution in [0, 0.1) is 0 Å². The van der Waals surface area contributed by atoms with E-state index in [9.17, 15) is 4.79 Å². The molecule has 1 saturated heterocycles. The van der Waals surface area contributed by atoms with Crippen LogP contribution in [0.4, 0.5) is 16.2 Å². The second-order valence-electron chi connectivity index (χ2n) is 5.96. The molecule has 5 nitrogen and oxygen atoms in total. The number of anilines is 2. The lowest BCUT2D eigenvalue weighted by molar-refractivity contribution is 0.208. The number of carbonyl (C=O) groups excluding carboxylic acids is 1. The molecule has 138 valence electrons. The first-order valence-electron chi connectivity index (χ1n) is 8.55. The molecule has 0 aromatic heterocycles. The average molecular weight is 394 g/mol. The van der Waals surface area contributed by atoms with E-state index in [0.29, 0.717) is 35.4 Å². The molecule has 2 amide bonds. The van der Waals surface area contributed by atoms with Gasteiger partial charge in [0, 0.05) is 37.6 Å². The lowest BCUT2D eigenvalue weighted by atomic mass is 10.2. The molecule has 0 bridgehead atoms. The van der Waals surface area contributed by atoms with Crippen LogP contribution in [0.1, 0.15) is 6.92 Å². The van der Waals surface area contributed by atoms with Crippen molar-refractivity contribution in [1.29, 1.82) is 0 Å². The van der Waals surface area contributed by atoms with Crippen molar-refractivity contribution in [2.45, 2.75) is 6.92 Å². The first-order chi connectivity index (χ1) is 12.6. The lowest BCUT2D eigenvalue weighted by Gasteiger charge is -2.36. The molecule has 1 aliphatic heterocycles. The number of piperazine rings is 1. The van der Waals surface area contributed by atoms with Crippen LogP contribution in [0.15, 0.2) is 42.5 Å². The fourth-order valence-electron chi connectivity index (χ4n) is 2.86. The van der Waals surface area contributed by atoms with E-state index in [1.807, 2.05) is 19.1 Å². The van der Waals surface area contributed by atoms with Crippen molar-refractivity contribution in [2.24, 2.45) is 0 Å². The predicted octanol–water partition coefficient (Wildman–Crippen LogP) is 4.75. The van der Waals surface area contributed by atoms with Crippen molar-refractivity contribution in [1.82, 2.24) is 4.90 Å². The Morgan fingerprint density at radius 2 is 1.73 bits per heavy atom. The van der Waals surface area contributed by atoms with Crippen molar-refractivity contribution < 1.29 is 9.53 Å². The summed E-state index contributed by atoms with van der Waals surface area (Å²) < 4.78 is 5.47. The third kappa shape index (κ3) is 4.54. The quantitative estimate of drug-likeness (QED) is 0.814. The van der Waals surface area contributed by atoms with Gasteiger partial charge in [0.25, 0.3) is 0 Å². The minimum absolute atomic E-state index is 0.130. The van der Waals surface area contributed by atoms with Crippen LogP contribution in [-0.4, -0.2) is 43.7 Å². The molecular formula is C19H21Cl2N3O2. The highest BCUT2D eigenvalue weighted by Gasteiger charge is 2.21. The number of nitrogens with zero attached hydrogens (tertiary/aromatic N) is 2. The maximum absolute atomic E-state index is 12.4. The summed E-state index contributed by atoms with van der Waals surface area (Å²) in [5.41, 5.74) is 1.77. The Balaban J connectivity index is 1.54. The van der Waals surface area contributed by atoms with Crippen LogP contribution in [0.2, 0.25) is 10.0 Å². The van der Waals surface area contributed by atoms with E-state index in [4.69, 9.17) is 27.9 Å². The van der Waals surface area contributed by atoms with E-state index in [1.54, 1.807) is 23.1 Å². The van der Waals surface area contributed by atoms with Gasteiger partial charge in [-0.3, -0.25) is 0 Å². The number of nitrogens with one attached hydrogen (secondary N) is 1. The van der Waals surface area contributed by atoms with Gasteiger partial charge in [-0.1, -0.05) is 23.2 Å². The molecule has 1 N–H and O–H groups in total. The Labute approximate surface area is 163 Å². The predicted molar refractivity (Wildman–Crippen MR) is 107 cm³/mol. The fraction of sp³-hybridized carbons (Fsp3) is 0.316. The summed E-state index contributed by atoms with van der Waals surface area (Å²) in [4.78, 5) is 16.5. The van der Waals surface area contributed by atoms with Gasteiger partial charge in [0.1, 0.15) is 5.75 Å². The summed E-state index contributed by atoms with van der Waals surface area (Å²) in [6.45, 7) is 5.49. The van der Waals surface area contributed by atoms with Gasteiger partial charge in [0.05, 0.1) is 16.7 Å². The Kier molecular flexibility index (Phi) is 6.12. The molecule has 1 heterocycles. The third-order valence-corrected chi connectivity index (χ3v) is 4.99. The normalized spacial score (nSPS) is 14.3. The second-order valence-corrected chi connectivity index (χ2v) is 6.77. The van der Waals surface area contributed by atoms with Gasteiger partial charge in [-0.15, -0.1) is 0 Å². The van der Waals surface area contributed by atoms with Crippen molar-refractivity contribution in [2.75, 3.05) is 43.0 Å². The molecule has 0 aliphatic carbocycles. The van der Waals surface area contributed by atoms with E-state index < -0.39 is 0 Å². The summed E-state index contributed by atoms with van der Waals surface area (Å²) >= 11 is 11.9. The zero-order valence-corrected chi connectivity index (χ0v) is 16.1. The molecule has 7 heteroatoms. The molecule has 2 aromatic rings. The third-order valence-electron chi connectivity index (χ3n) is 4.25. The average Bonchev–Trinajstić information content (AvgIpc) is 2.66. The molecule has 1 fully saturated rings. The number of urea groups is 1. The highest BCUT2D eigenvalue weighted by atomic mass is 35.5. The van der Waals surface area contributed by atoms with E-state index in [1.165, 1.54) is 0 Å². The summed E-state index contributed by atoms with van der Waals surface area (Å²) in [6, 6.07) is 13.0. The van der Waals surface area contributed by atoms with Crippen LogP contribution in [-0.2, 0) is 0 Å². The highest BCUT2D eigenvalue weighted by Crippen LogP contribution is 2.25. The number of hydrogen-bond acceptors (Lipinski definition) is 3. The van der Waals surface area contributed by atoms with Gasteiger partial charge in [-0.25, -0.2) is 4.79 Å². The van der Waals surface area contributed by atoms with Crippen LogP contribution in [0.5, 0.6) is 5.75 Å². The van der Waals surface area contributed by atoms with Crippen LogP contribution >= 0.6 is 23.2 Å². The zero-order chi connectivity index (χ0) is 18.5. The molecule has 0 atom stereocenters. The number of hydrogen-bond donors (Lipinski definition) is 1. The summed E-state index contributed by atoms with van der Waals surface area (Å²) in [7, 11) is 0. The van der Waals surface area contributed by atoms with Crippen molar-refractivity contribution in [3.63, 3.8) is 0 Å². The van der Waals surface area contributed by atoms with Gasteiger partial charge >= 0.3 is 6.03 Å². The Morgan fingerprint density at radius 3 is 2.35 bits per heavy atom. The van der Waals surface area contributed by atoms with Gasteiger partial charge in [-0.05, 0) is 49.4 Å². The Morgan fingerprint density at radius 1 is 1.04 bits per heavy atom. The SMILES string of the molecule is CCOc1ccc(N2CCN(C(=O)Nc3ccc(Cl)c(Cl)c3)CC2)cc1. The molecule has 3 rings (SSSR count). The van der Waals surface area contributed by atoms with Crippen molar-refractivity contribution in [3.8, 4) is 5.75 Å². The van der Waals surface area contributed by atoms with Crippen LogP contribution in [0.3, 0.4) is 0 Å². The summed E-state index contributed by atoms with van der Waals surface area (Å²) in [5.74, 6) is 0.871. The van der Waals surface area contributed by atoms with Crippen LogP contribution in [0.25, 0.3) is 0 Å². The maximum Gasteiger partial charge on any atom is 0.321 e. The topological polar surface area (TPSA) is 44.8 Å². The summed E-state index contributed by atoms with van der Waals surface area (Å²) in [5, 5.41) is 3.75. The first kappa shape index (κ1) is 18.7. The molecular weight excluding hydrogens is 373 g/mol. The monoisotopic (exact) mass is 393 g/mol. The zero-order valence-electron chi connectivity index (χ0n) is 14.5.